The lowest BCUT2D eigenvalue weighted by molar-refractivity contribution is 0.0697. The minimum absolute atomic E-state index is 0.122. The summed E-state index contributed by atoms with van der Waals surface area (Å²) in [5, 5.41) is 11.9. The summed E-state index contributed by atoms with van der Waals surface area (Å²) in [5.41, 5.74) is 5.38. The highest BCUT2D eigenvalue weighted by molar-refractivity contribution is 6.33. The molecule has 0 fully saturated rings. The van der Waals surface area contributed by atoms with Gasteiger partial charge in [-0.05, 0) is 81.5 Å². The zero-order valence-electron chi connectivity index (χ0n) is 16.8. The van der Waals surface area contributed by atoms with Crippen molar-refractivity contribution in [1.29, 1.82) is 0 Å². The van der Waals surface area contributed by atoms with Crippen LogP contribution in [0.2, 0.25) is 5.02 Å². The molecule has 4 rings (SSSR count). The lowest BCUT2D eigenvalue weighted by atomic mass is 9.63. The van der Waals surface area contributed by atoms with E-state index in [2.05, 4.69) is 45.9 Å². The summed E-state index contributed by atoms with van der Waals surface area (Å²) < 4.78 is 0. The van der Waals surface area contributed by atoms with Crippen molar-refractivity contribution < 1.29 is 9.90 Å². The maximum absolute atomic E-state index is 11.2. The van der Waals surface area contributed by atoms with E-state index in [1.807, 2.05) is 18.2 Å². The van der Waals surface area contributed by atoms with Gasteiger partial charge < -0.3 is 5.11 Å². The van der Waals surface area contributed by atoms with Gasteiger partial charge >= 0.3 is 5.97 Å². The quantitative estimate of drug-likeness (QED) is 0.500. The topological polar surface area (TPSA) is 37.3 Å². The molecule has 1 N–H and O–H groups in total. The zero-order chi connectivity index (χ0) is 20.3. The fraction of sp³-hybridized carbons (Fsp3) is 0.320. The summed E-state index contributed by atoms with van der Waals surface area (Å²) in [6.07, 6.45) is 2.31. The minimum Gasteiger partial charge on any atom is -0.478 e. The molecular weight excluding hydrogens is 368 g/mol. The second-order valence-corrected chi connectivity index (χ2v) is 9.63. The Kier molecular flexibility index (Phi) is 4.31. The summed E-state index contributed by atoms with van der Waals surface area (Å²) in [4.78, 5) is 11.2. The van der Waals surface area contributed by atoms with Gasteiger partial charge in [0, 0.05) is 10.6 Å². The molecule has 0 atom stereocenters. The van der Waals surface area contributed by atoms with E-state index >= 15 is 0 Å². The first-order valence-corrected chi connectivity index (χ1v) is 10.1. The van der Waals surface area contributed by atoms with Crippen LogP contribution >= 0.6 is 11.6 Å². The molecule has 1 aliphatic carbocycles. The summed E-state index contributed by atoms with van der Waals surface area (Å²) in [6, 6.07) is 15.7. The molecule has 0 saturated heterocycles. The average molecular weight is 393 g/mol. The van der Waals surface area contributed by atoms with Crippen LogP contribution in [0.15, 0.2) is 48.5 Å². The Bertz CT molecular complexity index is 1110. The molecule has 0 unspecified atom stereocenters. The molecule has 28 heavy (non-hydrogen) atoms. The van der Waals surface area contributed by atoms with Crippen molar-refractivity contribution in [3.05, 3.63) is 70.2 Å². The van der Waals surface area contributed by atoms with Gasteiger partial charge in [-0.3, -0.25) is 0 Å². The molecule has 0 amide bonds. The monoisotopic (exact) mass is 392 g/mol. The Balaban J connectivity index is 1.88. The van der Waals surface area contributed by atoms with Crippen LogP contribution in [0, 0.1) is 0 Å². The fourth-order valence-electron chi connectivity index (χ4n) is 4.35. The summed E-state index contributed by atoms with van der Waals surface area (Å²) in [5.74, 6) is -0.909. The number of rotatable bonds is 2. The highest BCUT2D eigenvalue weighted by Gasteiger charge is 2.37. The van der Waals surface area contributed by atoms with Gasteiger partial charge in [0.2, 0.25) is 0 Å². The molecule has 0 bridgehead atoms. The first-order chi connectivity index (χ1) is 13.1. The van der Waals surface area contributed by atoms with E-state index in [1.54, 1.807) is 12.1 Å². The largest absolute Gasteiger partial charge is 0.478 e. The van der Waals surface area contributed by atoms with Crippen LogP contribution in [-0.4, -0.2) is 11.1 Å². The maximum atomic E-state index is 11.2. The maximum Gasteiger partial charge on any atom is 0.335 e. The second-order valence-electron chi connectivity index (χ2n) is 9.23. The Morgan fingerprint density at radius 3 is 2.07 bits per heavy atom. The number of hydrogen-bond donors (Lipinski definition) is 1. The molecule has 0 radical (unpaired) electrons. The number of hydrogen-bond acceptors (Lipinski definition) is 1. The van der Waals surface area contributed by atoms with Crippen LogP contribution in [0.1, 0.15) is 62.0 Å². The van der Waals surface area contributed by atoms with Gasteiger partial charge in [-0.15, -0.1) is 0 Å². The first kappa shape index (κ1) is 19.0. The van der Waals surface area contributed by atoms with E-state index < -0.39 is 5.97 Å². The third-order valence-electron chi connectivity index (χ3n) is 6.34. The third-order valence-corrected chi connectivity index (χ3v) is 6.65. The third kappa shape index (κ3) is 3.10. The van der Waals surface area contributed by atoms with Crippen molar-refractivity contribution in [3.8, 4) is 11.1 Å². The molecule has 2 nitrogen and oxygen atoms in total. The van der Waals surface area contributed by atoms with Crippen LogP contribution in [0.5, 0.6) is 0 Å². The van der Waals surface area contributed by atoms with Crippen molar-refractivity contribution >= 4 is 28.3 Å². The van der Waals surface area contributed by atoms with Crippen molar-refractivity contribution in [2.75, 3.05) is 0 Å². The van der Waals surface area contributed by atoms with E-state index in [9.17, 15) is 9.90 Å². The molecule has 0 aromatic heterocycles. The fourth-order valence-corrected chi connectivity index (χ4v) is 4.63. The number of aromatic carboxylic acids is 1. The van der Waals surface area contributed by atoms with Crippen molar-refractivity contribution in [2.45, 2.75) is 51.4 Å². The Hall–Kier alpha value is -2.32. The molecule has 3 aromatic rings. The minimum atomic E-state index is -0.909. The smallest absolute Gasteiger partial charge is 0.335 e. The van der Waals surface area contributed by atoms with Gasteiger partial charge in [-0.25, -0.2) is 4.79 Å². The van der Waals surface area contributed by atoms with E-state index in [0.717, 1.165) is 39.8 Å². The standard InChI is InChI=1S/C25H25ClO2/c1-24(2)9-10-25(3,4)21-14-22(26)19(13-20(21)24)17-7-5-16-12-18(23(27)28)8-6-15(16)11-17/h5-8,11-14H,9-10H2,1-4H3,(H,27,28). The van der Waals surface area contributed by atoms with Gasteiger partial charge in [-0.1, -0.05) is 57.5 Å². The second kappa shape index (κ2) is 6.35. The first-order valence-electron chi connectivity index (χ1n) is 9.70. The number of fused-ring (bicyclic) bond motifs is 2. The molecule has 3 aromatic carbocycles. The number of benzene rings is 3. The number of carboxylic acid groups (broad SMARTS) is 1. The Labute approximate surface area is 171 Å². The molecular formula is C25H25ClO2. The van der Waals surface area contributed by atoms with E-state index in [0.29, 0.717) is 5.56 Å². The Morgan fingerprint density at radius 1 is 0.857 bits per heavy atom. The average Bonchev–Trinajstić information content (AvgIpc) is 2.64. The summed E-state index contributed by atoms with van der Waals surface area (Å²) in [6.45, 7) is 9.22. The van der Waals surface area contributed by atoms with Gasteiger partial charge in [0.25, 0.3) is 0 Å². The highest BCUT2D eigenvalue weighted by Crippen LogP contribution is 2.48. The number of halogens is 1. The van der Waals surface area contributed by atoms with Crippen LogP contribution < -0.4 is 0 Å². The van der Waals surface area contributed by atoms with Crippen molar-refractivity contribution in [1.82, 2.24) is 0 Å². The van der Waals surface area contributed by atoms with Gasteiger partial charge in [0.15, 0.2) is 0 Å². The molecule has 0 saturated carbocycles. The zero-order valence-corrected chi connectivity index (χ0v) is 17.5. The van der Waals surface area contributed by atoms with Gasteiger partial charge in [0.05, 0.1) is 5.56 Å². The van der Waals surface area contributed by atoms with Crippen molar-refractivity contribution in [2.24, 2.45) is 0 Å². The van der Waals surface area contributed by atoms with E-state index in [-0.39, 0.29) is 10.8 Å². The normalized spacial score (nSPS) is 17.3. The van der Waals surface area contributed by atoms with Crippen LogP contribution in [0.4, 0.5) is 0 Å². The lowest BCUT2D eigenvalue weighted by Gasteiger charge is -2.42. The van der Waals surface area contributed by atoms with Crippen molar-refractivity contribution in [3.63, 3.8) is 0 Å². The SMILES string of the molecule is CC1(C)CCC(C)(C)c2cc(-c3ccc4cc(C(=O)O)ccc4c3)c(Cl)cc21. The number of carbonyl (C=O) groups is 1. The van der Waals surface area contributed by atoms with Gasteiger partial charge in [0.1, 0.15) is 0 Å². The molecule has 0 heterocycles. The molecule has 0 aliphatic heterocycles. The van der Waals surface area contributed by atoms with Crippen LogP contribution in [0.25, 0.3) is 21.9 Å². The summed E-state index contributed by atoms with van der Waals surface area (Å²) >= 11 is 6.76. The molecule has 144 valence electrons. The highest BCUT2D eigenvalue weighted by atomic mass is 35.5. The molecule has 1 aliphatic rings. The number of carboxylic acids is 1. The predicted octanol–water partition coefficient (Wildman–Crippen LogP) is 7.21. The molecule has 0 spiro atoms. The van der Waals surface area contributed by atoms with Crippen LogP contribution in [0.3, 0.4) is 0 Å². The van der Waals surface area contributed by atoms with E-state index in [1.165, 1.54) is 11.1 Å². The van der Waals surface area contributed by atoms with Gasteiger partial charge in [-0.2, -0.15) is 0 Å². The summed E-state index contributed by atoms with van der Waals surface area (Å²) in [7, 11) is 0. The predicted molar refractivity (Wildman–Crippen MR) is 117 cm³/mol. The molecule has 3 heteroatoms. The van der Waals surface area contributed by atoms with E-state index in [4.69, 9.17) is 11.6 Å². The lowest BCUT2D eigenvalue weighted by Crippen LogP contribution is -2.33. The Morgan fingerprint density at radius 2 is 1.43 bits per heavy atom. The van der Waals surface area contributed by atoms with Crippen LogP contribution in [-0.2, 0) is 10.8 Å².